The van der Waals surface area contributed by atoms with Crippen LogP contribution in [0.4, 0.5) is 5.82 Å². The molecule has 8 heteroatoms. The minimum absolute atomic E-state index is 0.0333. The number of hydrogen-bond donors (Lipinski definition) is 2. The summed E-state index contributed by atoms with van der Waals surface area (Å²) in [5, 5.41) is 12.0. The van der Waals surface area contributed by atoms with Crippen LogP contribution in [-0.4, -0.2) is 35.4 Å². The van der Waals surface area contributed by atoms with Crippen molar-refractivity contribution in [1.29, 1.82) is 0 Å². The number of nitrogens with one attached hydrogen (secondary N) is 2. The van der Waals surface area contributed by atoms with Crippen LogP contribution in [0.25, 0.3) is 17.0 Å². The van der Waals surface area contributed by atoms with E-state index in [0.29, 0.717) is 18.2 Å². The van der Waals surface area contributed by atoms with E-state index in [2.05, 4.69) is 25.5 Å². The van der Waals surface area contributed by atoms with Crippen LogP contribution in [-0.2, 0) is 11.3 Å². The maximum Gasteiger partial charge on any atom is 0.231 e. The van der Waals surface area contributed by atoms with Gasteiger partial charge in [-0.15, -0.1) is 0 Å². The third-order valence-electron chi connectivity index (χ3n) is 5.06. The topological polar surface area (TPSA) is 93.4 Å². The number of anilines is 1. The number of fused-ring (bicyclic) bond motifs is 2. The highest BCUT2D eigenvalue weighted by Gasteiger charge is 2.33. The van der Waals surface area contributed by atoms with Crippen LogP contribution in [0.2, 0.25) is 0 Å². The lowest BCUT2D eigenvalue weighted by atomic mass is 9.87. The van der Waals surface area contributed by atoms with Crippen molar-refractivity contribution in [2.45, 2.75) is 32.7 Å². The van der Waals surface area contributed by atoms with E-state index in [0.717, 1.165) is 34.4 Å². The number of hydrogen-bond acceptors (Lipinski definition) is 4. The Morgan fingerprint density at radius 3 is 2.93 bits per heavy atom. The van der Waals surface area contributed by atoms with Gasteiger partial charge >= 0.3 is 0 Å². The fourth-order valence-electron chi connectivity index (χ4n) is 3.76. The number of aromatic amines is 1. The first kappa shape index (κ1) is 15.8. The normalized spacial score (nSPS) is 16.5. The second kappa shape index (κ2) is 5.80. The van der Waals surface area contributed by atoms with Gasteiger partial charge < -0.3 is 10.3 Å². The molecule has 0 bridgehead atoms. The number of imidazole rings is 1. The third kappa shape index (κ3) is 2.44. The Kier molecular flexibility index (Phi) is 3.40. The summed E-state index contributed by atoms with van der Waals surface area (Å²) >= 11 is 0. The van der Waals surface area contributed by atoms with E-state index < -0.39 is 0 Å². The van der Waals surface area contributed by atoms with Crippen LogP contribution in [0.1, 0.15) is 36.1 Å². The Hall–Kier alpha value is -3.42. The van der Waals surface area contributed by atoms with Crippen molar-refractivity contribution in [3.8, 4) is 5.95 Å². The predicted molar refractivity (Wildman–Crippen MR) is 101 cm³/mol. The number of nitrogens with zero attached hydrogens (tertiary/aromatic N) is 5. The smallest absolute Gasteiger partial charge is 0.231 e. The molecule has 1 aliphatic heterocycles. The molecule has 27 heavy (non-hydrogen) atoms. The van der Waals surface area contributed by atoms with E-state index in [-0.39, 0.29) is 11.8 Å². The average molecular weight is 361 g/mol. The highest BCUT2D eigenvalue weighted by atomic mass is 16.1. The van der Waals surface area contributed by atoms with Gasteiger partial charge in [0.05, 0.1) is 22.9 Å². The molecule has 4 aromatic rings. The molecule has 4 heterocycles. The van der Waals surface area contributed by atoms with Crippen molar-refractivity contribution < 1.29 is 4.79 Å². The van der Waals surface area contributed by atoms with Crippen molar-refractivity contribution in [3.05, 3.63) is 53.5 Å². The van der Waals surface area contributed by atoms with Crippen molar-refractivity contribution in [2.24, 2.45) is 0 Å². The Balaban J connectivity index is 1.66. The second-order valence-corrected chi connectivity index (χ2v) is 6.77. The Morgan fingerprint density at radius 2 is 2.15 bits per heavy atom. The van der Waals surface area contributed by atoms with Crippen LogP contribution in [0.5, 0.6) is 0 Å². The van der Waals surface area contributed by atoms with Crippen LogP contribution >= 0.6 is 0 Å². The summed E-state index contributed by atoms with van der Waals surface area (Å²) in [6.45, 7) is 4.80. The van der Waals surface area contributed by atoms with Crippen molar-refractivity contribution in [1.82, 2.24) is 29.5 Å². The van der Waals surface area contributed by atoms with Crippen molar-refractivity contribution in [3.63, 3.8) is 0 Å². The zero-order valence-corrected chi connectivity index (χ0v) is 15.1. The average Bonchev–Trinajstić information content (AvgIpc) is 3.37. The van der Waals surface area contributed by atoms with Gasteiger partial charge in [-0.05, 0) is 31.5 Å². The molecule has 136 valence electrons. The summed E-state index contributed by atoms with van der Waals surface area (Å²) in [4.78, 5) is 20.3. The molecular formula is C19H19N7O. The van der Waals surface area contributed by atoms with E-state index in [4.69, 9.17) is 0 Å². The summed E-state index contributed by atoms with van der Waals surface area (Å²) in [5.74, 6) is 1.17. The maximum absolute atomic E-state index is 12.4. The lowest BCUT2D eigenvalue weighted by molar-refractivity contribution is -0.116. The molecule has 1 unspecified atom stereocenters. The highest BCUT2D eigenvalue weighted by Crippen LogP contribution is 2.39. The first-order valence-electron chi connectivity index (χ1n) is 9.01. The van der Waals surface area contributed by atoms with Gasteiger partial charge in [-0.3, -0.25) is 9.48 Å². The van der Waals surface area contributed by atoms with E-state index in [9.17, 15) is 4.79 Å². The fraction of sp³-hybridized carbons (Fsp3) is 0.263. The number of para-hydroxylation sites is 2. The van der Waals surface area contributed by atoms with Crippen LogP contribution in [0.3, 0.4) is 0 Å². The molecule has 1 atom stereocenters. The largest absolute Gasteiger partial charge is 0.322 e. The summed E-state index contributed by atoms with van der Waals surface area (Å²) in [6, 6.07) is 7.81. The third-order valence-corrected chi connectivity index (χ3v) is 5.06. The quantitative estimate of drug-likeness (QED) is 0.587. The molecule has 1 aromatic carbocycles. The second-order valence-electron chi connectivity index (χ2n) is 6.77. The number of carbonyl (C=O) groups is 1. The van der Waals surface area contributed by atoms with Gasteiger partial charge in [0.1, 0.15) is 5.82 Å². The zero-order chi connectivity index (χ0) is 18.5. The number of aryl methyl sites for hydroxylation is 2. The Bertz CT molecular complexity index is 1130. The van der Waals surface area contributed by atoms with Crippen molar-refractivity contribution >= 4 is 22.8 Å². The molecular weight excluding hydrogens is 342 g/mol. The zero-order valence-electron chi connectivity index (χ0n) is 15.1. The monoisotopic (exact) mass is 361 g/mol. The predicted octanol–water partition coefficient (Wildman–Crippen LogP) is 2.75. The van der Waals surface area contributed by atoms with Gasteiger partial charge in [-0.25, -0.2) is 4.98 Å². The molecule has 0 saturated heterocycles. The van der Waals surface area contributed by atoms with Gasteiger partial charge in [0.25, 0.3) is 0 Å². The molecule has 2 N–H and O–H groups in total. The molecule has 0 spiro atoms. The molecule has 3 aromatic heterocycles. The maximum atomic E-state index is 12.4. The van der Waals surface area contributed by atoms with Gasteiger partial charge in [-0.2, -0.15) is 14.9 Å². The summed E-state index contributed by atoms with van der Waals surface area (Å²) < 4.78 is 3.57. The number of aromatic nitrogens is 6. The van der Waals surface area contributed by atoms with Gasteiger partial charge in [0, 0.05) is 30.6 Å². The van der Waals surface area contributed by atoms with E-state index >= 15 is 0 Å². The van der Waals surface area contributed by atoms with Crippen molar-refractivity contribution in [2.75, 3.05) is 5.32 Å². The van der Waals surface area contributed by atoms with Crippen LogP contribution < -0.4 is 5.32 Å². The minimum atomic E-state index is -0.0628. The van der Waals surface area contributed by atoms with Crippen LogP contribution in [0, 0.1) is 6.92 Å². The fourth-order valence-corrected chi connectivity index (χ4v) is 3.76. The lowest BCUT2D eigenvalue weighted by Gasteiger charge is -2.22. The highest BCUT2D eigenvalue weighted by molar-refractivity contribution is 5.95. The number of benzene rings is 1. The van der Waals surface area contributed by atoms with E-state index in [1.54, 1.807) is 4.68 Å². The summed E-state index contributed by atoms with van der Waals surface area (Å²) in [7, 11) is 0. The summed E-state index contributed by atoms with van der Waals surface area (Å²) in [5.41, 5.74) is 4.71. The van der Waals surface area contributed by atoms with Gasteiger partial charge in [0.15, 0.2) is 0 Å². The lowest BCUT2D eigenvalue weighted by Crippen LogP contribution is -2.25. The molecule has 5 rings (SSSR count). The SMILES string of the molecule is CCn1cc(C2CC(=O)Nc3c2c(C)nn3-c2nc3ccccc3[nH]2)cn1. The first-order valence-corrected chi connectivity index (χ1v) is 9.01. The van der Waals surface area contributed by atoms with E-state index in [1.807, 2.05) is 55.2 Å². The standard InChI is InChI=1S/C19H19N7O/c1-3-25-10-12(9-20-25)13-8-16(27)23-18-17(13)11(2)24-26(18)19-21-14-6-4-5-7-15(14)22-19/h4-7,9-10,13H,3,8H2,1-2H3,(H,21,22)(H,23,27). The Labute approximate surface area is 155 Å². The van der Waals surface area contributed by atoms with Crippen LogP contribution in [0.15, 0.2) is 36.7 Å². The Morgan fingerprint density at radius 1 is 1.30 bits per heavy atom. The minimum Gasteiger partial charge on any atom is -0.322 e. The number of H-pyrrole nitrogens is 1. The number of amides is 1. The molecule has 0 fully saturated rings. The molecule has 0 aliphatic carbocycles. The number of rotatable bonds is 3. The number of carbonyl (C=O) groups excluding carboxylic acids is 1. The molecule has 1 aliphatic rings. The van der Waals surface area contributed by atoms with E-state index in [1.165, 1.54) is 0 Å². The van der Waals surface area contributed by atoms with Gasteiger partial charge in [-0.1, -0.05) is 12.1 Å². The van der Waals surface area contributed by atoms with Gasteiger partial charge in [0.2, 0.25) is 11.9 Å². The molecule has 8 nitrogen and oxygen atoms in total. The molecule has 1 amide bonds. The first-order chi connectivity index (χ1) is 13.1. The summed E-state index contributed by atoms with van der Waals surface area (Å²) in [6.07, 6.45) is 4.23. The molecule has 0 radical (unpaired) electrons. The molecule has 0 saturated carbocycles.